The number of carbonyl (C=O) groups is 1. The van der Waals surface area contributed by atoms with Gasteiger partial charge in [0.15, 0.2) is 5.16 Å². The first-order chi connectivity index (χ1) is 12.3. The van der Waals surface area contributed by atoms with Crippen molar-refractivity contribution in [1.29, 1.82) is 0 Å². The lowest BCUT2D eigenvalue weighted by molar-refractivity contribution is -0.119. The third-order valence-corrected chi connectivity index (χ3v) is 5.29. The molecule has 0 radical (unpaired) electrons. The molecule has 140 valence electrons. The van der Waals surface area contributed by atoms with Gasteiger partial charge in [0, 0.05) is 11.4 Å². The van der Waals surface area contributed by atoms with Crippen molar-refractivity contribution in [2.24, 2.45) is 5.92 Å². The minimum atomic E-state index is -0.0152. The number of hydrogen-bond acceptors (Lipinski definition) is 4. The molecule has 0 aliphatic heterocycles. The first-order valence-corrected chi connectivity index (χ1v) is 10.1. The predicted molar refractivity (Wildman–Crippen MR) is 109 cm³/mol. The van der Waals surface area contributed by atoms with Crippen LogP contribution in [0.2, 0.25) is 0 Å². The summed E-state index contributed by atoms with van der Waals surface area (Å²) in [6.07, 6.45) is 1.08. The van der Waals surface area contributed by atoms with E-state index in [1.54, 1.807) is 0 Å². The van der Waals surface area contributed by atoms with E-state index in [0.29, 0.717) is 16.8 Å². The molecule has 0 aliphatic carbocycles. The lowest BCUT2D eigenvalue weighted by atomic mass is 10.00. The molecule has 0 fully saturated rings. The van der Waals surface area contributed by atoms with Gasteiger partial charge in [0.1, 0.15) is 0 Å². The number of aryl methyl sites for hydroxylation is 2. The summed E-state index contributed by atoms with van der Waals surface area (Å²) in [6.45, 7) is 12.4. The summed E-state index contributed by atoms with van der Waals surface area (Å²) in [5.41, 5.74) is 5.49. The molecule has 1 N–H and O–H groups in total. The Balaban J connectivity index is 1.89. The van der Waals surface area contributed by atoms with E-state index in [-0.39, 0.29) is 11.9 Å². The van der Waals surface area contributed by atoms with Gasteiger partial charge < -0.3 is 5.32 Å². The standard InChI is InChI=1S/C21H29N3OS/c1-13(2)11-18-7-9-19(10-8-18)17(6)22-20(25)12-26-21-23-15(4)14(3)16(5)24-21/h7-10,13,17H,11-12H2,1-6H3,(H,22,25). The Hall–Kier alpha value is -1.88. The lowest BCUT2D eigenvalue weighted by Gasteiger charge is -2.15. The highest BCUT2D eigenvalue weighted by Crippen LogP contribution is 2.18. The van der Waals surface area contributed by atoms with Crippen molar-refractivity contribution < 1.29 is 4.79 Å². The molecule has 1 atom stereocenters. The van der Waals surface area contributed by atoms with Crippen LogP contribution in [0.1, 0.15) is 54.9 Å². The number of thioether (sulfide) groups is 1. The Labute approximate surface area is 161 Å². The minimum Gasteiger partial charge on any atom is -0.349 e. The molecule has 0 bridgehead atoms. The number of nitrogens with zero attached hydrogens (tertiary/aromatic N) is 2. The number of hydrogen-bond donors (Lipinski definition) is 1. The number of carbonyl (C=O) groups excluding carboxylic acids is 1. The first kappa shape index (κ1) is 20.4. The minimum absolute atomic E-state index is 0.00626. The van der Waals surface area contributed by atoms with Gasteiger partial charge in [0.2, 0.25) is 5.91 Å². The Morgan fingerprint density at radius 3 is 2.15 bits per heavy atom. The van der Waals surface area contributed by atoms with E-state index in [0.717, 1.165) is 28.9 Å². The fourth-order valence-electron chi connectivity index (χ4n) is 2.72. The molecule has 1 aromatic heterocycles. The van der Waals surface area contributed by atoms with Crippen molar-refractivity contribution in [2.75, 3.05) is 5.75 Å². The molecule has 4 nitrogen and oxygen atoms in total. The normalized spacial score (nSPS) is 12.3. The highest BCUT2D eigenvalue weighted by Gasteiger charge is 2.12. The molecule has 0 saturated heterocycles. The molecule has 2 rings (SSSR count). The summed E-state index contributed by atoms with van der Waals surface area (Å²) in [7, 11) is 0. The summed E-state index contributed by atoms with van der Waals surface area (Å²) in [6, 6.07) is 8.49. The van der Waals surface area contributed by atoms with E-state index in [1.807, 2.05) is 27.7 Å². The van der Waals surface area contributed by atoms with Crippen LogP contribution in [0, 0.1) is 26.7 Å². The fraction of sp³-hybridized carbons (Fsp3) is 0.476. The number of nitrogens with one attached hydrogen (secondary N) is 1. The fourth-order valence-corrected chi connectivity index (χ4v) is 3.46. The Bertz CT molecular complexity index is 733. The highest BCUT2D eigenvalue weighted by atomic mass is 32.2. The van der Waals surface area contributed by atoms with E-state index < -0.39 is 0 Å². The Kier molecular flexibility index (Phi) is 7.21. The van der Waals surface area contributed by atoms with Crippen molar-refractivity contribution in [3.05, 3.63) is 52.3 Å². The third kappa shape index (κ3) is 5.84. The van der Waals surface area contributed by atoms with Gasteiger partial charge in [-0.3, -0.25) is 4.79 Å². The van der Waals surface area contributed by atoms with Crippen LogP contribution in [0.15, 0.2) is 29.4 Å². The predicted octanol–water partition coefficient (Wildman–Crippen LogP) is 4.57. The maximum absolute atomic E-state index is 12.3. The van der Waals surface area contributed by atoms with Crippen LogP contribution in [0.5, 0.6) is 0 Å². The second kappa shape index (κ2) is 9.17. The van der Waals surface area contributed by atoms with E-state index in [1.165, 1.54) is 17.3 Å². The van der Waals surface area contributed by atoms with Crippen molar-refractivity contribution in [3.8, 4) is 0 Å². The molecular weight excluding hydrogens is 342 g/mol. The summed E-state index contributed by atoms with van der Waals surface area (Å²) < 4.78 is 0. The number of amides is 1. The average molecular weight is 372 g/mol. The van der Waals surface area contributed by atoms with E-state index in [2.05, 4.69) is 53.4 Å². The maximum Gasteiger partial charge on any atom is 0.230 e. The number of benzene rings is 1. The molecule has 2 aromatic rings. The van der Waals surface area contributed by atoms with E-state index >= 15 is 0 Å². The molecular formula is C21H29N3OS. The van der Waals surface area contributed by atoms with Crippen molar-refractivity contribution in [3.63, 3.8) is 0 Å². The lowest BCUT2D eigenvalue weighted by Crippen LogP contribution is -2.28. The molecule has 1 heterocycles. The van der Waals surface area contributed by atoms with Crippen molar-refractivity contribution in [1.82, 2.24) is 15.3 Å². The van der Waals surface area contributed by atoms with Gasteiger partial charge in [-0.05, 0) is 56.7 Å². The van der Waals surface area contributed by atoms with Gasteiger partial charge in [-0.1, -0.05) is 49.9 Å². The zero-order valence-corrected chi connectivity index (χ0v) is 17.4. The summed E-state index contributed by atoms with van der Waals surface area (Å²) in [5.74, 6) is 0.956. The van der Waals surface area contributed by atoms with Crippen LogP contribution < -0.4 is 5.32 Å². The van der Waals surface area contributed by atoms with Crippen LogP contribution in [-0.4, -0.2) is 21.6 Å². The quantitative estimate of drug-likeness (QED) is 0.572. The second-order valence-corrected chi connectivity index (χ2v) is 8.16. The topological polar surface area (TPSA) is 54.9 Å². The van der Waals surface area contributed by atoms with Gasteiger partial charge in [-0.25, -0.2) is 9.97 Å². The highest BCUT2D eigenvalue weighted by molar-refractivity contribution is 7.99. The van der Waals surface area contributed by atoms with Crippen LogP contribution in [0.25, 0.3) is 0 Å². The van der Waals surface area contributed by atoms with Gasteiger partial charge in [-0.15, -0.1) is 0 Å². The van der Waals surface area contributed by atoms with Crippen LogP contribution in [-0.2, 0) is 11.2 Å². The first-order valence-electron chi connectivity index (χ1n) is 9.09. The largest absolute Gasteiger partial charge is 0.349 e. The van der Waals surface area contributed by atoms with Crippen LogP contribution in [0.4, 0.5) is 0 Å². The van der Waals surface area contributed by atoms with Crippen LogP contribution in [0.3, 0.4) is 0 Å². The molecule has 1 aromatic carbocycles. The van der Waals surface area contributed by atoms with Gasteiger partial charge in [-0.2, -0.15) is 0 Å². The second-order valence-electron chi connectivity index (χ2n) is 7.22. The van der Waals surface area contributed by atoms with Gasteiger partial charge in [0.05, 0.1) is 11.8 Å². The Morgan fingerprint density at radius 2 is 1.62 bits per heavy atom. The summed E-state index contributed by atoms with van der Waals surface area (Å²) in [5, 5.41) is 3.71. The zero-order valence-electron chi connectivity index (χ0n) is 16.6. The van der Waals surface area contributed by atoms with Crippen LogP contribution >= 0.6 is 11.8 Å². The van der Waals surface area contributed by atoms with Crippen molar-refractivity contribution >= 4 is 17.7 Å². The summed E-state index contributed by atoms with van der Waals surface area (Å²) >= 11 is 1.38. The van der Waals surface area contributed by atoms with Gasteiger partial charge in [0.25, 0.3) is 0 Å². The molecule has 5 heteroatoms. The molecule has 0 spiro atoms. The monoisotopic (exact) mass is 371 g/mol. The summed E-state index contributed by atoms with van der Waals surface area (Å²) in [4.78, 5) is 21.2. The molecule has 26 heavy (non-hydrogen) atoms. The number of aromatic nitrogens is 2. The third-order valence-electron chi connectivity index (χ3n) is 4.45. The van der Waals surface area contributed by atoms with Gasteiger partial charge >= 0.3 is 0 Å². The Morgan fingerprint density at radius 1 is 1.04 bits per heavy atom. The average Bonchev–Trinajstić information content (AvgIpc) is 2.57. The number of rotatable bonds is 7. The molecule has 1 amide bonds. The van der Waals surface area contributed by atoms with E-state index in [9.17, 15) is 4.79 Å². The zero-order chi connectivity index (χ0) is 19.3. The molecule has 0 aliphatic rings. The van der Waals surface area contributed by atoms with E-state index in [4.69, 9.17) is 0 Å². The maximum atomic E-state index is 12.3. The smallest absolute Gasteiger partial charge is 0.230 e. The molecule has 0 saturated carbocycles. The SMILES string of the molecule is Cc1nc(SCC(=O)NC(C)c2ccc(CC(C)C)cc2)nc(C)c1C. The molecule has 1 unspecified atom stereocenters. The van der Waals surface area contributed by atoms with Crippen molar-refractivity contribution in [2.45, 2.75) is 59.2 Å².